The average molecular weight is 327 g/mol. The normalized spacial score (nSPS) is 11.3. The third kappa shape index (κ3) is 1.91. The molecule has 0 radical (unpaired) electrons. The van der Waals surface area contributed by atoms with Gasteiger partial charge >= 0.3 is 0 Å². The number of fused-ring (bicyclic) bond motifs is 1. The van der Waals surface area contributed by atoms with E-state index in [4.69, 9.17) is 11.6 Å². The largest absolute Gasteiger partial charge is 0.336 e. The van der Waals surface area contributed by atoms with Crippen LogP contribution in [0, 0.1) is 0 Å². The Hall–Kier alpha value is -1.40. The lowest BCUT2D eigenvalue weighted by Gasteiger charge is -2.00. The van der Waals surface area contributed by atoms with Gasteiger partial charge in [0.05, 0.1) is 21.4 Å². The van der Waals surface area contributed by atoms with Gasteiger partial charge in [0.2, 0.25) is 0 Å². The summed E-state index contributed by atoms with van der Waals surface area (Å²) < 4.78 is 4.52. The zero-order valence-corrected chi connectivity index (χ0v) is 11.9. The van der Waals surface area contributed by atoms with E-state index in [1.165, 1.54) is 0 Å². The van der Waals surface area contributed by atoms with Crippen molar-refractivity contribution < 1.29 is 0 Å². The molecule has 0 aliphatic heterocycles. The van der Waals surface area contributed by atoms with Crippen LogP contribution < -0.4 is 0 Å². The molecule has 0 fully saturated rings. The Kier molecular flexibility index (Phi) is 2.83. The summed E-state index contributed by atoms with van der Waals surface area (Å²) in [6.07, 6.45) is 7.20. The first kappa shape index (κ1) is 11.7. The summed E-state index contributed by atoms with van der Waals surface area (Å²) in [4.78, 5) is 8.48. The average Bonchev–Trinajstić information content (AvgIpc) is 2.92. The van der Waals surface area contributed by atoms with Gasteiger partial charge in [0.25, 0.3) is 0 Å². The molecule has 7 heteroatoms. The summed E-state index contributed by atoms with van der Waals surface area (Å²) in [7, 11) is 1.95. The molecule has 0 atom stereocenters. The molecule has 0 aliphatic rings. The minimum Gasteiger partial charge on any atom is -0.336 e. The molecule has 0 N–H and O–H groups in total. The summed E-state index contributed by atoms with van der Waals surface area (Å²) in [5.41, 5.74) is 0.636. The van der Waals surface area contributed by atoms with Crippen LogP contribution in [0.1, 0.15) is 5.82 Å². The molecular weight excluding hydrogens is 318 g/mol. The Bertz CT molecular complexity index is 717. The fraction of sp³-hybridized carbons (Fsp3) is 0.182. The van der Waals surface area contributed by atoms with E-state index in [1.807, 2.05) is 24.0 Å². The van der Waals surface area contributed by atoms with Crippen LogP contribution in [-0.4, -0.2) is 24.3 Å². The van der Waals surface area contributed by atoms with E-state index in [-0.39, 0.29) is 0 Å². The van der Waals surface area contributed by atoms with Crippen molar-refractivity contribution in [1.29, 1.82) is 0 Å². The fourth-order valence-corrected chi connectivity index (χ4v) is 2.24. The molecule has 0 saturated heterocycles. The molecule has 0 saturated carbocycles. The maximum Gasteiger partial charge on any atom is 0.182 e. The standard InChI is InChI=1S/C11H9BrClN5/c1-17-3-2-14-9(17)6-18-5-7-10(13)8(12)4-15-11(7)16-18/h2-5H,6H2,1H3. The van der Waals surface area contributed by atoms with Crippen molar-refractivity contribution in [3.05, 3.63) is 40.1 Å². The van der Waals surface area contributed by atoms with Crippen LogP contribution in [0.4, 0.5) is 0 Å². The SMILES string of the molecule is Cn1ccnc1Cn1cc2c(Cl)c(Br)cnc2n1. The van der Waals surface area contributed by atoms with Crippen molar-refractivity contribution in [2.45, 2.75) is 6.54 Å². The molecule has 3 heterocycles. The zero-order valence-electron chi connectivity index (χ0n) is 9.51. The minimum atomic E-state index is 0.591. The fourth-order valence-electron chi connectivity index (χ4n) is 1.74. The monoisotopic (exact) mass is 325 g/mol. The molecule has 0 amide bonds. The molecule has 18 heavy (non-hydrogen) atoms. The lowest BCUT2D eigenvalue weighted by molar-refractivity contribution is 0.636. The minimum absolute atomic E-state index is 0.591. The molecule has 0 bridgehead atoms. The van der Waals surface area contributed by atoms with E-state index >= 15 is 0 Å². The number of aromatic nitrogens is 5. The second-order valence-corrected chi connectivity index (χ2v) is 5.17. The van der Waals surface area contributed by atoms with Gasteiger partial charge in [-0.1, -0.05) is 11.6 Å². The van der Waals surface area contributed by atoms with Crippen LogP contribution in [0.5, 0.6) is 0 Å². The maximum atomic E-state index is 6.19. The number of halogens is 2. The second-order valence-electron chi connectivity index (χ2n) is 3.94. The first-order valence-electron chi connectivity index (χ1n) is 5.28. The predicted octanol–water partition coefficient (Wildman–Crippen LogP) is 2.63. The van der Waals surface area contributed by atoms with E-state index in [9.17, 15) is 0 Å². The summed E-state index contributed by atoms with van der Waals surface area (Å²) >= 11 is 9.54. The van der Waals surface area contributed by atoms with Gasteiger partial charge in [-0.2, -0.15) is 5.10 Å². The number of aryl methyl sites for hydroxylation is 1. The van der Waals surface area contributed by atoms with E-state index in [1.54, 1.807) is 17.1 Å². The number of hydrogen-bond donors (Lipinski definition) is 0. The molecule has 0 spiro atoms. The van der Waals surface area contributed by atoms with Crippen molar-refractivity contribution in [2.24, 2.45) is 7.05 Å². The van der Waals surface area contributed by atoms with Gasteiger partial charge in [-0.15, -0.1) is 0 Å². The lowest BCUT2D eigenvalue weighted by atomic mass is 10.3. The molecular formula is C11H9BrClN5. The first-order valence-corrected chi connectivity index (χ1v) is 6.45. The van der Waals surface area contributed by atoms with Crippen LogP contribution in [0.3, 0.4) is 0 Å². The highest BCUT2D eigenvalue weighted by molar-refractivity contribution is 9.10. The van der Waals surface area contributed by atoms with Gasteiger partial charge in [-0.3, -0.25) is 4.68 Å². The first-order chi connectivity index (χ1) is 8.65. The van der Waals surface area contributed by atoms with Crippen molar-refractivity contribution in [2.75, 3.05) is 0 Å². The Morgan fingerprint density at radius 1 is 1.39 bits per heavy atom. The Labute approximate surface area is 117 Å². The van der Waals surface area contributed by atoms with Crippen molar-refractivity contribution in [1.82, 2.24) is 24.3 Å². The summed E-state index contributed by atoms with van der Waals surface area (Å²) in [5.74, 6) is 0.929. The van der Waals surface area contributed by atoms with Crippen LogP contribution in [0.25, 0.3) is 11.0 Å². The van der Waals surface area contributed by atoms with Crippen molar-refractivity contribution in [3.63, 3.8) is 0 Å². The van der Waals surface area contributed by atoms with Crippen LogP contribution in [0.2, 0.25) is 5.02 Å². The Morgan fingerprint density at radius 2 is 2.22 bits per heavy atom. The number of nitrogens with zero attached hydrogens (tertiary/aromatic N) is 5. The van der Waals surface area contributed by atoms with Crippen molar-refractivity contribution >= 4 is 38.6 Å². The predicted molar refractivity (Wildman–Crippen MR) is 72.5 cm³/mol. The molecule has 92 valence electrons. The van der Waals surface area contributed by atoms with E-state index in [0.717, 1.165) is 15.7 Å². The van der Waals surface area contributed by atoms with Gasteiger partial charge in [0.1, 0.15) is 5.82 Å². The quantitative estimate of drug-likeness (QED) is 0.727. The van der Waals surface area contributed by atoms with Gasteiger partial charge in [0, 0.05) is 31.8 Å². The molecule has 0 aliphatic carbocycles. The number of hydrogen-bond acceptors (Lipinski definition) is 3. The molecule has 3 rings (SSSR count). The van der Waals surface area contributed by atoms with E-state index < -0.39 is 0 Å². The lowest BCUT2D eigenvalue weighted by Crippen LogP contribution is -2.05. The van der Waals surface area contributed by atoms with Gasteiger partial charge in [-0.25, -0.2) is 9.97 Å². The highest BCUT2D eigenvalue weighted by atomic mass is 79.9. The highest BCUT2D eigenvalue weighted by Crippen LogP contribution is 2.28. The summed E-state index contributed by atoms with van der Waals surface area (Å²) in [5, 5.41) is 5.84. The van der Waals surface area contributed by atoms with E-state index in [2.05, 4.69) is 31.0 Å². The van der Waals surface area contributed by atoms with Gasteiger partial charge < -0.3 is 4.57 Å². The molecule has 0 unspecified atom stereocenters. The molecule has 3 aromatic rings. The van der Waals surface area contributed by atoms with Crippen molar-refractivity contribution in [3.8, 4) is 0 Å². The Balaban J connectivity index is 2.04. The maximum absolute atomic E-state index is 6.19. The highest BCUT2D eigenvalue weighted by Gasteiger charge is 2.10. The topological polar surface area (TPSA) is 48.5 Å². The third-order valence-electron chi connectivity index (χ3n) is 2.71. The second kappa shape index (κ2) is 4.37. The number of imidazole rings is 1. The van der Waals surface area contributed by atoms with Gasteiger partial charge in [0.15, 0.2) is 5.65 Å². The van der Waals surface area contributed by atoms with Crippen LogP contribution >= 0.6 is 27.5 Å². The molecule has 3 aromatic heterocycles. The zero-order chi connectivity index (χ0) is 12.7. The molecule has 5 nitrogen and oxygen atoms in total. The Morgan fingerprint density at radius 3 is 2.94 bits per heavy atom. The van der Waals surface area contributed by atoms with Crippen LogP contribution in [0.15, 0.2) is 29.3 Å². The van der Waals surface area contributed by atoms with E-state index in [0.29, 0.717) is 17.2 Å². The smallest absolute Gasteiger partial charge is 0.182 e. The third-order valence-corrected chi connectivity index (χ3v) is 3.95. The molecule has 0 aromatic carbocycles. The number of rotatable bonds is 2. The summed E-state index contributed by atoms with van der Waals surface area (Å²) in [6.45, 7) is 0.591. The van der Waals surface area contributed by atoms with Crippen LogP contribution in [-0.2, 0) is 13.6 Å². The van der Waals surface area contributed by atoms with Gasteiger partial charge in [-0.05, 0) is 15.9 Å². The summed E-state index contributed by atoms with van der Waals surface area (Å²) in [6, 6.07) is 0. The number of pyridine rings is 1.